The summed E-state index contributed by atoms with van der Waals surface area (Å²) >= 11 is 1.42. The lowest BCUT2D eigenvalue weighted by Crippen LogP contribution is -2.43. The highest BCUT2D eigenvalue weighted by Gasteiger charge is 2.43. The number of thioether (sulfide) groups is 1. The summed E-state index contributed by atoms with van der Waals surface area (Å²) in [7, 11) is 0. The van der Waals surface area contributed by atoms with E-state index in [9.17, 15) is 14.4 Å². The van der Waals surface area contributed by atoms with Gasteiger partial charge in [-0.2, -0.15) is 0 Å². The lowest BCUT2D eigenvalue weighted by Gasteiger charge is -2.25. The molecule has 2 aromatic rings. The highest BCUT2D eigenvalue weighted by atomic mass is 32.2. The standard InChI is InChI=1S/C19H20N2O5S/c1-12-5-7-14(8-6-12)20-17(23)10-26-19(24)15-11-27-18(21(15)13(2)22)16-4-3-9-25-16/h3-9,15,18H,10-11H2,1-2H3,(H,20,23)/t15-,18+/m0/s1. The second kappa shape index (κ2) is 8.30. The number of aryl methyl sites for hydroxylation is 1. The van der Waals surface area contributed by atoms with Gasteiger partial charge in [0.25, 0.3) is 5.91 Å². The summed E-state index contributed by atoms with van der Waals surface area (Å²) in [6.07, 6.45) is 1.52. The fraction of sp³-hybridized carbons (Fsp3) is 0.316. The molecule has 0 bridgehead atoms. The largest absolute Gasteiger partial charge is 0.466 e. The van der Waals surface area contributed by atoms with Gasteiger partial charge in [0, 0.05) is 18.4 Å². The van der Waals surface area contributed by atoms with E-state index in [1.165, 1.54) is 29.8 Å². The molecule has 0 radical (unpaired) electrons. The maximum absolute atomic E-state index is 12.4. The minimum absolute atomic E-state index is 0.257. The van der Waals surface area contributed by atoms with Crippen molar-refractivity contribution in [2.75, 3.05) is 17.7 Å². The van der Waals surface area contributed by atoms with E-state index < -0.39 is 24.5 Å². The van der Waals surface area contributed by atoms with Crippen LogP contribution in [0.5, 0.6) is 0 Å². The summed E-state index contributed by atoms with van der Waals surface area (Å²) in [5, 5.41) is 2.28. The van der Waals surface area contributed by atoms with Gasteiger partial charge in [0.2, 0.25) is 5.91 Å². The van der Waals surface area contributed by atoms with Crippen molar-refractivity contribution in [2.24, 2.45) is 0 Å². The molecule has 0 spiro atoms. The maximum Gasteiger partial charge on any atom is 0.330 e. The fourth-order valence-corrected chi connectivity index (χ4v) is 4.21. The van der Waals surface area contributed by atoms with Crippen LogP contribution in [0.15, 0.2) is 47.1 Å². The van der Waals surface area contributed by atoms with Gasteiger partial charge in [0.15, 0.2) is 6.61 Å². The molecule has 0 saturated carbocycles. The van der Waals surface area contributed by atoms with Gasteiger partial charge in [-0.25, -0.2) is 4.79 Å². The molecule has 1 fully saturated rings. The number of furan rings is 1. The summed E-state index contributed by atoms with van der Waals surface area (Å²) in [6.45, 7) is 2.93. The third-order valence-corrected chi connectivity index (χ3v) is 5.39. The van der Waals surface area contributed by atoms with Crippen molar-refractivity contribution in [3.63, 3.8) is 0 Å². The number of anilines is 1. The molecule has 1 aliphatic heterocycles. The van der Waals surface area contributed by atoms with Crippen LogP contribution in [0.2, 0.25) is 0 Å². The molecule has 2 amide bonds. The Morgan fingerprint density at radius 1 is 1.26 bits per heavy atom. The smallest absolute Gasteiger partial charge is 0.330 e. The van der Waals surface area contributed by atoms with E-state index >= 15 is 0 Å². The minimum atomic E-state index is -0.755. The highest BCUT2D eigenvalue weighted by Crippen LogP contribution is 2.41. The van der Waals surface area contributed by atoms with Crippen molar-refractivity contribution in [1.29, 1.82) is 0 Å². The first kappa shape index (κ1) is 19.0. The Balaban J connectivity index is 1.57. The van der Waals surface area contributed by atoms with Crippen LogP contribution < -0.4 is 5.32 Å². The number of hydrogen-bond acceptors (Lipinski definition) is 6. The van der Waals surface area contributed by atoms with E-state index in [-0.39, 0.29) is 11.3 Å². The normalized spacial score (nSPS) is 19.0. The number of carbonyl (C=O) groups is 3. The van der Waals surface area contributed by atoms with Crippen molar-refractivity contribution in [3.05, 3.63) is 54.0 Å². The van der Waals surface area contributed by atoms with E-state index in [4.69, 9.17) is 9.15 Å². The minimum Gasteiger partial charge on any atom is -0.466 e. The fourth-order valence-electron chi connectivity index (χ4n) is 2.79. The quantitative estimate of drug-likeness (QED) is 0.793. The van der Waals surface area contributed by atoms with Crippen molar-refractivity contribution >= 4 is 35.2 Å². The molecule has 0 unspecified atom stereocenters. The van der Waals surface area contributed by atoms with Gasteiger partial charge in [-0.1, -0.05) is 17.7 Å². The highest BCUT2D eigenvalue weighted by molar-refractivity contribution is 7.99. The second-order valence-corrected chi connectivity index (χ2v) is 7.28. The SMILES string of the molecule is CC(=O)N1[C@@H](c2ccco2)SC[C@H]1C(=O)OCC(=O)Nc1ccc(C)cc1. The summed E-state index contributed by atoms with van der Waals surface area (Å²) in [5.74, 6) is -0.320. The van der Waals surface area contributed by atoms with Gasteiger partial charge < -0.3 is 19.4 Å². The van der Waals surface area contributed by atoms with Crippen LogP contribution in [0.1, 0.15) is 23.6 Å². The molecule has 3 rings (SSSR count). The monoisotopic (exact) mass is 388 g/mol. The lowest BCUT2D eigenvalue weighted by atomic mass is 10.2. The predicted octanol–water partition coefficient (Wildman–Crippen LogP) is 2.73. The van der Waals surface area contributed by atoms with Crippen molar-refractivity contribution < 1.29 is 23.5 Å². The van der Waals surface area contributed by atoms with Crippen LogP contribution >= 0.6 is 11.8 Å². The van der Waals surface area contributed by atoms with Crippen LogP contribution in [0.3, 0.4) is 0 Å². The molecule has 8 heteroatoms. The average Bonchev–Trinajstić information content (AvgIpc) is 3.30. The number of amides is 2. The number of ether oxygens (including phenoxy) is 1. The zero-order valence-corrected chi connectivity index (χ0v) is 15.8. The Bertz CT molecular complexity index is 819. The number of hydrogen-bond donors (Lipinski definition) is 1. The van der Waals surface area contributed by atoms with Gasteiger partial charge >= 0.3 is 5.97 Å². The first-order chi connectivity index (χ1) is 13.0. The molecule has 7 nitrogen and oxygen atoms in total. The molecule has 1 aromatic heterocycles. The molecular weight excluding hydrogens is 368 g/mol. The van der Waals surface area contributed by atoms with Crippen LogP contribution in [0.25, 0.3) is 0 Å². The number of nitrogens with one attached hydrogen (secondary N) is 1. The lowest BCUT2D eigenvalue weighted by molar-refractivity contribution is -0.155. The first-order valence-corrected chi connectivity index (χ1v) is 9.47. The molecular formula is C19H20N2O5S. The van der Waals surface area contributed by atoms with Crippen LogP contribution in [-0.2, 0) is 19.1 Å². The topological polar surface area (TPSA) is 88.8 Å². The zero-order valence-electron chi connectivity index (χ0n) is 15.0. The van der Waals surface area contributed by atoms with Crippen molar-refractivity contribution in [1.82, 2.24) is 4.90 Å². The summed E-state index contributed by atoms with van der Waals surface area (Å²) in [6, 6.07) is 10.0. The van der Waals surface area contributed by atoms with Gasteiger partial charge in [-0.3, -0.25) is 9.59 Å². The van der Waals surface area contributed by atoms with E-state index in [1.807, 2.05) is 19.1 Å². The number of carbonyl (C=O) groups excluding carboxylic acids is 3. The predicted molar refractivity (Wildman–Crippen MR) is 101 cm³/mol. The maximum atomic E-state index is 12.4. The van der Waals surface area contributed by atoms with Gasteiger partial charge in [-0.15, -0.1) is 11.8 Å². The Hall–Kier alpha value is -2.74. The van der Waals surface area contributed by atoms with Crippen LogP contribution in [0.4, 0.5) is 5.69 Å². The zero-order chi connectivity index (χ0) is 19.4. The molecule has 1 aliphatic rings. The molecule has 0 aliphatic carbocycles. The number of nitrogens with zero attached hydrogens (tertiary/aromatic N) is 1. The molecule has 1 N–H and O–H groups in total. The Kier molecular flexibility index (Phi) is 5.85. The Morgan fingerprint density at radius 3 is 2.63 bits per heavy atom. The van der Waals surface area contributed by atoms with E-state index in [0.29, 0.717) is 17.2 Å². The molecule has 1 saturated heterocycles. The first-order valence-electron chi connectivity index (χ1n) is 8.43. The summed E-state index contributed by atoms with van der Waals surface area (Å²) in [4.78, 5) is 37.9. The summed E-state index contributed by atoms with van der Waals surface area (Å²) in [5.41, 5.74) is 1.70. The number of esters is 1. The average molecular weight is 388 g/mol. The van der Waals surface area contributed by atoms with E-state index in [1.54, 1.807) is 24.3 Å². The van der Waals surface area contributed by atoms with E-state index in [2.05, 4.69) is 5.32 Å². The third kappa shape index (κ3) is 4.51. The Morgan fingerprint density at radius 2 is 2.00 bits per heavy atom. The van der Waals surface area contributed by atoms with Crippen molar-refractivity contribution in [3.8, 4) is 0 Å². The molecule has 27 heavy (non-hydrogen) atoms. The second-order valence-electron chi connectivity index (χ2n) is 6.17. The molecule has 2 atom stereocenters. The van der Waals surface area contributed by atoms with E-state index in [0.717, 1.165) is 5.56 Å². The van der Waals surface area contributed by atoms with Gasteiger partial charge in [-0.05, 0) is 31.2 Å². The van der Waals surface area contributed by atoms with Gasteiger partial charge in [0.05, 0.1) is 6.26 Å². The van der Waals surface area contributed by atoms with Crippen molar-refractivity contribution in [2.45, 2.75) is 25.3 Å². The van der Waals surface area contributed by atoms with Gasteiger partial charge in [0.1, 0.15) is 17.2 Å². The third-order valence-electron chi connectivity index (χ3n) is 4.10. The van der Waals surface area contributed by atoms with Crippen LogP contribution in [0, 0.1) is 6.92 Å². The Labute approximate surface area is 161 Å². The molecule has 142 valence electrons. The molecule has 2 heterocycles. The summed E-state index contributed by atoms with van der Waals surface area (Å²) < 4.78 is 10.5. The molecule has 1 aromatic carbocycles. The number of rotatable bonds is 5. The van der Waals surface area contributed by atoms with Crippen LogP contribution in [-0.4, -0.2) is 41.1 Å². The number of benzene rings is 1.